The summed E-state index contributed by atoms with van der Waals surface area (Å²) < 4.78 is 21.7. The summed E-state index contributed by atoms with van der Waals surface area (Å²) in [5.74, 6) is -6.84. The highest BCUT2D eigenvalue weighted by molar-refractivity contribution is 5.87. The second-order valence-electron chi connectivity index (χ2n) is 22.1. The number of nitrogens with zero attached hydrogens (tertiary/aromatic N) is 7. The third-order valence-corrected chi connectivity index (χ3v) is 14.3. The molecule has 0 aliphatic carbocycles. The first-order chi connectivity index (χ1) is 44.1. The summed E-state index contributed by atoms with van der Waals surface area (Å²) in [6.07, 6.45) is 5.11. The van der Waals surface area contributed by atoms with E-state index in [4.69, 9.17) is 24.7 Å². The molecule has 1 saturated heterocycles. The molecule has 530 valence electrons. The highest BCUT2D eigenvalue weighted by Crippen LogP contribution is 2.08. The first-order valence-electron chi connectivity index (χ1n) is 32.0. The van der Waals surface area contributed by atoms with Crippen molar-refractivity contribution in [2.45, 2.75) is 122 Å². The van der Waals surface area contributed by atoms with Gasteiger partial charge in [0.2, 0.25) is 47.3 Å². The SMILES string of the molecule is CC(=O)N(O)CCCCCNC(=O)CCC(=O)N(O)CCCCCNC(=O)CCC(=O)N(O)CCCCCNC(=O)[C@H](CCCCNC(=O)CN1CCN(CC(=O)O)CCN(CC(=O)O)CCN(CC(=O)O)CC1)NC(=O)CCOCCOCCOCCOCCN. The van der Waals surface area contributed by atoms with Crippen molar-refractivity contribution in [2.75, 3.05) is 184 Å². The van der Waals surface area contributed by atoms with Crippen LogP contribution in [-0.2, 0) is 71.7 Å². The van der Waals surface area contributed by atoms with E-state index in [1.54, 1.807) is 19.6 Å². The summed E-state index contributed by atoms with van der Waals surface area (Å²) in [7, 11) is 0. The van der Waals surface area contributed by atoms with Crippen LogP contribution in [0.5, 0.6) is 0 Å². The summed E-state index contributed by atoms with van der Waals surface area (Å²) in [6, 6.07) is -0.934. The number of ether oxygens (including phenoxy) is 4. The molecule has 0 aromatic carbocycles. The summed E-state index contributed by atoms with van der Waals surface area (Å²) in [5.41, 5.74) is 5.38. The standard InChI is InChI=1S/C58H107N13O21/c1-47(72)69(86)24-10-2-6-20-60-49(73)14-16-53(77)70(87)25-11-3-7-21-61-50(74)15-17-54(78)71(88)26-12-4-8-23-63-58(85)48(64-51(75)18-35-89-37-39-91-41-42-92-40-38-90-36-19-59)13-5-9-22-62-52(76)43-65-27-29-66(44-55(79)80)31-33-68(46-57(83)84)34-32-67(30-28-65)45-56(81)82/h48,86-88H,2-46,59H2,1H3,(H,60,73)(H,61,74)(H,62,76)(H,63,85)(H,64,75)(H,79,80)(H,81,82)(H,83,84)/t48-/m0/s1. The predicted molar refractivity (Wildman–Crippen MR) is 330 cm³/mol. The van der Waals surface area contributed by atoms with Crippen molar-refractivity contribution in [2.24, 2.45) is 5.73 Å². The molecular weight excluding hydrogens is 1210 g/mol. The molecule has 1 atom stereocenters. The van der Waals surface area contributed by atoms with Gasteiger partial charge < -0.3 is 66.6 Å². The average molecular weight is 1320 g/mol. The van der Waals surface area contributed by atoms with Gasteiger partial charge in [-0.15, -0.1) is 0 Å². The van der Waals surface area contributed by atoms with Crippen molar-refractivity contribution in [1.29, 1.82) is 0 Å². The van der Waals surface area contributed by atoms with Gasteiger partial charge in [0.1, 0.15) is 6.04 Å². The molecule has 0 saturated carbocycles. The van der Waals surface area contributed by atoms with Crippen LogP contribution in [0, 0.1) is 0 Å². The van der Waals surface area contributed by atoms with E-state index in [0.717, 1.165) is 0 Å². The number of aliphatic carboxylic acids is 3. The molecular formula is C58H107N13O21. The van der Waals surface area contributed by atoms with Crippen LogP contribution >= 0.6 is 0 Å². The number of nitrogens with two attached hydrogens (primary N) is 1. The van der Waals surface area contributed by atoms with Crippen molar-refractivity contribution in [3.05, 3.63) is 0 Å². The largest absolute Gasteiger partial charge is 0.480 e. The third-order valence-electron chi connectivity index (χ3n) is 14.3. The van der Waals surface area contributed by atoms with Gasteiger partial charge in [-0.1, -0.05) is 0 Å². The maximum Gasteiger partial charge on any atom is 0.317 e. The van der Waals surface area contributed by atoms with E-state index >= 15 is 0 Å². The van der Waals surface area contributed by atoms with E-state index in [0.29, 0.717) is 132 Å². The van der Waals surface area contributed by atoms with E-state index in [2.05, 4.69) is 26.6 Å². The Bertz CT molecular complexity index is 2110. The number of hydroxylamine groups is 6. The molecule has 34 heteroatoms. The number of unbranched alkanes of at least 4 members (excludes halogenated alkanes) is 7. The Morgan fingerprint density at radius 3 is 1.14 bits per heavy atom. The number of amides is 8. The van der Waals surface area contributed by atoms with Gasteiger partial charge in [0.15, 0.2) is 0 Å². The lowest BCUT2D eigenvalue weighted by molar-refractivity contribution is -0.166. The van der Waals surface area contributed by atoms with Crippen LogP contribution in [0.15, 0.2) is 0 Å². The second kappa shape index (κ2) is 54.1. The van der Waals surface area contributed by atoms with E-state index in [9.17, 15) is 83.7 Å². The Hall–Kier alpha value is -6.31. The fourth-order valence-corrected chi connectivity index (χ4v) is 9.05. The van der Waals surface area contributed by atoms with Crippen LogP contribution in [0.25, 0.3) is 0 Å². The Kier molecular flexibility index (Phi) is 49.2. The minimum absolute atomic E-state index is 0.0162. The van der Waals surface area contributed by atoms with Crippen molar-refractivity contribution in [3.8, 4) is 0 Å². The summed E-state index contributed by atoms with van der Waals surface area (Å²) in [4.78, 5) is 142. The molecule has 1 heterocycles. The Morgan fingerprint density at radius 1 is 0.402 bits per heavy atom. The van der Waals surface area contributed by atoms with Crippen LogP contribution in [0.3, 0.4) is 0 Å². The van der Waals surface area contributed by atoms with E-state index < -0.39 is 59.4 Å². The zero-order valence-corrected chi connectivity index (χ0v) is 53.9. The minimum atomic E-state index is -1.07. The molecule has 13 N–H and O–H groups in total. The highest BCUT2D eigenvalue weighted by Gasteiger charge is 2.24. The van der Waals surface area contributed by atoms with Crippen LogP contribution in [0.2, 0.25) is 0 Å². The quantitative estimate of drug-likeness (QED) is 0.0174. The van der Waals surface area contributed by atoms with Gasteiger partial charge in [0.25, 0.3) is 0 Å². The van der Waals surface area contributed by atoms with Gasteiger partial charge in [0.05, 0.1) is 79.0 Å². The molecule has 8 amide bonds. The maximum atomic E-state index is 13.5. The first-order valence-corrected chi connectivity index (χ1v) is 32.0. The highest BCUT2D eigenvalue weighted by atomic mass is 16.6. The smallest absolute Gasteiger partial charge is 0.317 e. The monoisotopic (exact) mass is 1320 g/mol. The third kappa shape index (κ3) is 47.6. The van der Waals surface area contributed by atoms with E-state index in [1.165, 1.54) is 6.92 Å². The number of carboxylic acids is 3. The summed E-state index contributed by atoms with van der Waals surface area (Å²) in [6.45, 7) is 6.55. The normalized spacial score (nSPS) is 14.0. The predicted octanol–water partition coefficient (Wildman–Crippen LogP) is -2.26. The van der Waals surface area contributed by atoms with Crippen molar-refractivity contribution in [3.63, 3.8) is 0 Å². The van der Waals surface area contributed by atoms with Crippen LogP contribution in [-0.4, -0.2) is 321 Å². The molecule has 1 aliphatic rings. The number of carbonyl (C=O) groups is 11. The van der Waals surface area contributed by atoms with Crippen molar-refractivity contribution in [1.82, 2.24) is 61.4 Å². The lowest BCUT2D eigenvalue weighted by Gasteiger charge is -2.32. The molecule has 1 rings (SSSR count). The molecule has 0 unspecified atom stereocenters. The van der Waals surface area contributed by atoms with Gasteiger partial charge in [-0.2, -0.15) is 0 Å². The van der Waals surface area contributed by atoms with Crippen molar-refractivity contribution < 1.29 is 103 Å². The summed E-state index contributed by atoms with van der Waals surface area (Å²) in [5, 5.41) is 73.9. The number of nitrogens with one attached hydrogen (secondary N) is 5. The fourth-order valence-electron chi connectivity index (χ4n) is 9.05. The van der Waals surface area contributed by atoms with Gasteiger partial charge >= 0.3 is 17.9 Å². The molecule has 34 nitrogen and oxygen atoms in total. The molecule has 1 aliphatic heterocycles. The first kappa shape index (κ1) is 83.7. The Balaban J connectivity index is 2.59. The van der Waals surface area contributed by atoms with E-state index in [1.807, 2.05) is 0 Å². The fraction of sp³-hybridized carbons (Fsp3) is 0.810. The zero-order valence-electron chi connectivity index (χ0n) is 53.9. The van der Waals surface area contributed by atoms with Gasteiger partial charge in [-0.3, -0.25) is 88.0 Å². The minimum Gasteiger partial charge on any atom is -0.480 e. The van der Waals surface area contributed by atoms with Crippen LogP contribution < -0.4 is 32.3 Å². The van der Waals surface area contributed by atoms with Crippen LogP contribution in [0.1, 0.15) is 116 Å². The van der Waals surface area contributed by atoms with Gasteiger partial charge in [-0.25, -0.2) is 15.2 Å². The molecule has 1 fully saturated rings. The lowest BCUT2D eigenvalue weighted by Crippen LogP contribution is -2.49. The summed E-state index contributed by atoms with van der Waals surface area (Å²) >= 11 is 0. The number of carbonyl (C=O) groups excluding carboxylic acids is 8. The molecule has 0 spiro atoms. The molecule has 0 bridgehead atoms. The van der Waals surface area contributed by atoms with Crippen molar-refractivity contribution >= 4 is 65.2 Å². The molecule has 0 radical (unpaired) electrons. The topological polar surface area (TPSA) is 455 Å². The number of hydrogen-bond donors (Lipinski definition) is 12. The van der Waals surface area contributed by atoms with Gasteiger partial charge in [0, 0.05) is 144 Å². The Labute approximate surface area is 539 Å². The number of hydrogen-bond acceptors (Lipinski definition) is 23. The van der Waals surface area contributed by atoms with Crippen LogP contribution in [0.4, 0.5) is 0 Å². The molecule has 0 aromatic rings. The van der Waals surface area contributed by atoms with E-state index in [-0.39, 0.29) is 188 Å². The van der Waals surface area contributed by atoms with Gasteiger partial charge in [-0.05, 0) is 77.0 Å². The lowest BCUT2D eigenvalue weighted by atomic mass is 10.1. The Morgan fingerprint density at radius 2 is 0.750 bits per heavy atom. The number of carboxylic acid groups (broad SMARTS) is 3. The molecule has 92 heavy (non-hydrogen) atoms. The number of rotatable bonds is 53. The average Bonchev–Trinajstić information content (AvgIpc) is 1.66. The molecule has 0 aromatic heterocycles. The second-order valence-corrected chi connectivity index (χ2v) is 22.1. The zero-order chi connectivity index (χ0) is 68.2. The maximum absolute atomic E-state index is 13.5.